The highest BCUT2D eigenvalue weighted by Crippen LogP contribution is 2.21. The topological polar surface area (TPSA) is 64.1 Å². The number of hydrogen-bond donors (Lipinski definition) is 1. The second-order valence-corrected chi connectivity index (χ2v) is 4.01. The average molecular weight is 225 g/mol. The second kappa shape index (κ2) is 4.50. The number of hydrogen-bond acceptors (Lipinski definition) is 5. The van der Waals surface area contributed by atoms with E-state index in [4.69, 9.17) is 9.63 Å². The largest absolute Gasteiger partial charge is 0.390 e. The number of aromatic nitrogens is 3. The zero-order valence-corrected chi connectivity index (χ0v) is 9.07. The molecular weight excluding hydrogens is 214 g/mol. The van der Waals surface area contributed by atoms with Crippen LogP contribution in [0.5, 0.6) is 0 Å². The van der Waals surface area contributed by atoms with Crippen LogP contribution in [0.25, 0.3) is 0 Å². The lowest BCUT2D eigenvalue weighted by Gasteiger charge is -2.01. The van der Waals surface area contributed by atoms with Crippen molar-refractivity contribution < 1.29 is 9.63 Å². The van der Waals surface area contributed by atoms with Gasteiger partial charge in [0, 0.05) is 18.4 Å². The monoisotopic (exact) mass is 225 g/mol. The maximum absolute atomic E-state index is 8.99. The van der Waals surface area contributed by atoms with Crippen molar-refractivity contribution in [2.24, 2.45) is 7.05 Å². The molecule has 0 amide bonds. The van der Waals surface area contributed by atoms with Gasteiger partial charge in [-0.05, 0) is 0 Å². The highest BCUT2D eigenvalue weighted by Gasteiger charge is 2.06. The number of nitrogens with zero attached hydrogens (tertiary/aromatic N) is 3. The van der Waals surface area contributed by atoms with E-state index in [9.17, 15) is 0 Å². The van der Waals surface area contributed by atoms with Crippen molar-refractivity contribution in [2.45, 2.75) is 17.5 Å². The number of aliphatic hydroxyl groups is 1. The Hall–Kier alpha value is -1.27. The molecule has 1 N–H and O–H groups in total. The van der Waals surface area contributed by atoms with Crippen LogP contribution in [-0.4, -0.2) is 19.8 Å². The summed E-state index contributed by atoms with van der Waals surface area (Å²) >= 11 is 1.58. The summed E-state index contributed by atoms with van der Waals surface area (Å²) in [5.41, 5.74) is 1.83. The van der Waals surface area contributed by atoms with Crippen molar-refractivity contribution in [1.29, 1.82) is 0 Å². The number of rotatable bonds is 4. The lowest BCUT2D eigenvalue weighted by Crippen LogP contribution is -1.97. The fourth-order valence-corrected chi connectivity index (χ4v) is 2.03. The first-order valence-electron chi connectivity index (χ1n) is 4.43. The molecule has 0 bridgehead atoms. The highest BCUT2D eigenvalue weighted by atomic mass is 32.2. The maximum Gasteiger partial charge on any atom is 0.168 e. The van der Waals surface area contributed by atoms with E-state index in [0.717, 1.165) is 22.2 Å². The maximum atomic E-state index is 8.99. The zero-order chi connectivity index (χ0) is 10.7. The molecule has 0 aromatic carbocycles. The van der Waals surface area contributed by atoms with Crippen LogP contribution in [-0.2, 0) is 19.4 Å². The molecular formula is C9H11N3O2S. The SMILES string of the molecule is Cn1c(CO)cnc1SCc1cnoc1. The Bertz CT molecular complexity index is 425. The van der Waals surface area contributed by atoms with Crippen molar-refractivity contribution >= 4 is 11.8 Å². The van der Waals surface area contributed by atoms with Crippen molar-refractivity contribution in [1.82, 2.24) is 14.7 Å². The standard InChI is InChI=1S/C9H11N3O2S/c1-12-8(4-13)3-10-9(12)15-6-7-2-11-14-5-7/h2-3,5,13H,4,6H2,1H3. The zero-order valence-electron chi connectivity index (χ0n) is 8.25. The van der Waals surface area contributed by atoms with E-state index >= 15 is 0 Å². The molecule has 0 saturated heterocycles. The van der Waals surface area contributed by atoms with Gasteiger partial charge in [0.15, 0.2) is 5.16 Å². The van der Waals surface area contributed by atoms with Crippen LogP contribution in [0.3, 0.4) is 0 Å². The van der Waals surface area contributed by atoms with Crippen LogP contribution in [0.4, 0.5) is 0 Å². The van der Waals surface area contributed by atoms with Gasteiger partial charge in [-0.15, -0.1) is 0 Å². The Morgan fingerprint density at radius 3 is 3.00 bits per heavy atom. The lowest BCUT2D eigenvalue weighted by molar-refractivity contribution is 0.271. The Morgan fingerprint density at radius 1 is 1.53 bits per heavy atom. The summed E-state index contributed by atoms with van der Waals surface area (Å²) in [5, 5.41) is 13.5. The molecule has 2 aromatic rings. The quantitative estimate of drug-likeness (QED) is 0.792. The first-order valence-corrected chi connectivity index (χ1v) is 5.42. The summed E-state index contributed by atoms with van der Waals surface area (Å²) in [4.78, 5) is 4.20. The van der Waals surface area contributed by atoms with Crippen LogP contribution in [0.15, 0.2) is 28.3 Å². The molecule has 0 aliphatic rings. The average Bonchev–Trinajstić information content (AvgIpc) is 2.85. The molecule has 0 aliphatic carbocycles. The first kappa shape index (κ1) is 10.3. The molecule has 0 spiro atoms. The van der Waals surface area contributed by atoms with E-state index in [1.54, 1.807) is 30.4 Å². The van der Waals surface area contributed by atoms with Crippen LogP contribution in [0, 0.1) is 0 Å². The summed E-state index contributed by atoms with van der Waals surface area (Å²) in [7, 11) is 1.88. The van der Waals surface area contributed by atoms with E-state index in [2.05, 4.69) is 10.1 Å². The molecule has 15 heavy (non-hydrogen) atoms. The third kappa shape index (κ3) is 2.21. The molecule has 0 saturated carbocycles. The molecule has 0 unspecified atom stereocenters. The molecule has 2 heterocycles. The van der Waals surface area contributed by atoms with Crippen LogP contribution < -0.4 is 0 Å². The second-order valence-electron chi connectivity index (χ2n) is 3.07. The van der Waals surface area contributed by atoms with E-state index in [-0.39, 0.29) is 6.61 Å². The van der Waals surface area contributed by atoms with E-state index < -0.39 is 0 Å². The lowest BCUT2D eigenvalue weighted by atomic mass is 10.4. The molecule has 0 aliphatic heterocycles. The summed E-state index contributed by atoms with van der Waals surface area (Å²) in [6, 6.07) is 0. The third-order valence-electron chi connectivity index (χ3n) is 2.06. The predicted molar refractivity (Wildman–Crippen MR) is 55.2 cm³/mol. The van der Waals surface area contributed by atoms with Crippen molar-refractivity contribution in [3.63, 3.8) is 0 Å². The molecule has 0 atom stereocenters. The van der Waals surface area contributed by atoms with Gasteiger partial charge in [0.05, 0.1) is 24.7 Å². The van der Waals surface area contributed by atoms with Crippen molar-refractivity contribution in [3.8, 4) is 0 Å². The van der Waals surface area contributed by atoms with Crippen LogP contribution in [0.2, 0.25) is 0 Å². The Morgan fingerprint density at radius 2 is 2.40 bits per heavy atom. The molecule has 2 aromatic heterocycles. The number of imidazole rings is 1. The normalized spacial score (nSPS) is 10.8. The molecule has 6 heteroatoms. The Balaban J connectivity index is 2.02. The summed E-state index contributed by atoms with van der Waals surface area (Å²) < 4.78 is 6.60. The first-order chi connectivity index (χ1) is 7.31. The molecule has 0 fully saturated rings. The van der Waals surface area contributed by atoms with Crippen LogP contribution >= 0.6 is 11.8 Å². The van der Waals surface area contributed by atoms with Gasteiger partial charge in [0.1, 0.15) is 6.26 Å². The fraction of sp³-hybridized carbons (Fsp3) is 0.333. The van der Waals surface area contributed by atoms with Gasteiger partial charge < -0.3 is 14.2 Å². The van der Waals surface area contributed by atoms with E-state index in [1.165, 1.54) is 0 Å². The smallest absolute Gasteiger partial charge is 0.168 e. The molecule has 2 rings (SSSR count). The number of thioether (sulfide) groups is 1. The van der Waals surface area contributed by atoms with Gasteiger partial charge in [-0.3, -0.25) is 0 Å². The molecule has 5 nitrogen and oxygen atoms in total. The minimum absolute atomic E-state index is 0.0112. The summed E-state index contributed by atoms with van der Waals surface area (Å²) in [5.74, 6) is 0.763. The minimum Gasteiger partial charge on any atom is -0.390 e. The fourth-order valence-electron chi connectivity index (χ4n) is 1.15. The third-order valence-corrected chi connectivity index (χ3v) is 3.17. The molecule has 80 valence electrons. The van der Waals surface area contributed by atoms with Gasteiger partial charge in [-0.25, -0.2) is 4.98 Å². The van der Waals surface area contributed by atoms with E-state index in [1.807, 2.05) is 11.6 Å². The van der Waals surface area contributed by atoms with Gasteiger partial charge in [0.25, 0.3) is 0 Å². The van der Waals surface area contributed by atoms with Crippen LogP contribution in [0.1, 0.15) is 11.3 Å². The summed E-state index contributed by atoms with van der Waals surface area (Å²) in [6.45, 7) is 0.0112. The van der Waals surface area contributed by atoms with E-state index in [0.29, 0.717) is 0 Å². The number of aliphatic hydroxyl groups excluding tert-OH is 1. The van der Waals surface area contributed by atoms with Crippen molar-refractivity contribution in [3.05, 3.63) is 29.9 Å². The van der Waals surface area contributed by atoms with Crippen molar-refractivity contribution in [2.75, 3.05) is 0 Å². The minimum atomic E-state index is 0.0112. The van der Waals surface area contributed by atoms with Gasteiger partial charge in [-0.1, -0.05) is 16.9 Å². The van der Waals surface area contributed by atoms with Gasteiger partial charge in [0.2, 0.25) is 0 Å². The summed E-state index contributed by atoms with van der Waals surface area (Å²) in [6.07, 6.45) is 4.97. The Kier molecular flexibility index (Phi) is 3.08. The molecule has 0 radical (unpaired) electrons. The highest BCUT2D eigenvalue weighted by molar-refractivity contribution is 7.98. The predicted octanol–water partition coefficient (Wildman–Crippen LogP) is 1.19. The van der Waals surface area contributed by atoms with Gasteiger partial charge in [-0.2, -0.15) is 0 Å². The Labute approximate surface area is 91.1 Å². The van der Waals surface area contributed by atoms with Gasteiger partial charge >= 0.3 is 0 Å².